The van der Waals surface area contributed by atoms with Crippen LogP contribution in [-0.2, 0) is 9.59 Å². The highest BCUT2D eigenvalue weighted by molar-refractivity contribution is 6.53. The molecule has 194 valence electrons. The Balaban J connectivity index is 1.27. The lowest BCUT2D eigenvalue weighted by Crippen LogP contribution is -2.32. The van der Waals surface area contributed by atoms with Crippen molar-refractivity contribution in [3.63, 3.8) is 0 Å². The third-order valence-electron chi connectivity index (χ3n) is 5.93. The minimum atomic E-state index is -0.669. The van der Waals surface area contributed by atoms with Crippen LogP contribution in [0.4, 0.5) is 17.1 Å². The van der Waals surface area contributed by atoms with Crippen molar-refractivity contribution >= 4 is 58.0 Å². The molecule has 39 heavy (non-hydrogen) atoms. The van der Waals surface area contributed by atoms with E-state index in [0.717, 1.165) is 10.5 Å². The molecule has 1 aliphatic rings. The van der Waals surface area contributed by atoms with E-state index >= 15 is 0 Å². The Kier molecular flexibility index (Phi) is 7.36. The number of benzene rings is 4. The molecule has 2 N–H and O–H groups in total. The lowest BCUT2D eigenvalue weighted by Gasteiger charge is -2.16. The number of ether oxygens (including phenoxy) is 1. The third kappa shape index (κ3) is 5.65. The van der Waals surface area contributed by atoms with Gasteiger partial charge in [-0.05, 0) is 79.2 Å². The fourth-order valence-electron chi connectivity index (χ4n) is 3.88. The van der Waals surface area contributed by atoms with Crippen LogP contribution in [0.5, 0.6) is 11.5 Å². The molecular formula is C30H21Cl2N3O4. The first-order valence-electron chi connectivity index (χ1n) is 11.9. The Hall–Kier alpha value is -4.59. The SMILES string of the molecule is Cc1ccc(N2C(=O)C(Cl)=C(Nc3cccc(C(=O)Nc4ccc(Oc5ccccc5)cc4)c3)C2=O)cc1Cl. The van der Waals surface area contributed by atoms with Crippen LogP contribution in [0.3, 0.4) is 0 Å². The molecule has 9 heteroatoms. The summed E-state index contributed by atoms with van der Waals surface area (Å²) >= 11 is 12.4. The average molecular weight is 558 g/mol. The van der Waals surface area contributed by atoms with Crippen molar-refractivity contribution in [1.82, 2.24) is 0 Å². The first kappa shape index (κ1) is 26.0. The number of hydrogen-bond acceptors (Lipinski definition) is 5. The summed E-state index contributed by atoms with van der Waals surface area (Å²) in [6.07, 6.45) is 0. The number of rotatable bonds is 7. The number of nitrogens with zero attached hydrogens (tertiary/aromatic N) is 1. The second kappa shape index (κ2) is 11.0. The lowest BCUT2D eigenvalue weighted by molar-refractivity contribution is -0.120. The molecule has 0 aromatic heterocycles. The van der Waals surface area contributed by atoms with Crippen LogP contribution >= 0.6 is 23.2 Å². The molecule has 3 amide bonds. The topological polar surface area (TPSA) is 87.7 Å². The summed E-state index contributed by atoms with van der Waals surface area (Å²) < 4.78 is 5.78. The average Bonchev–Trinajstić information content (AvgIpc) is 3.15. The van der Waals surface area contributed by atoms with E-state index in [0.29, 0.717) is 39.1 Å². The van der Waals surface area contributed by atoms with Crippen LogP contribution in [0.15, 0.2) is 108 Å². The van der Waals surface area contributed by atoms with Crippen molar-refractivity contribution in [3.8, 4) is 11.5 Å². The molecular weight excluding hydrogens is 537 g/mol. The van der Waals surface area contributed by atoms with Crippen LogP contribution < -0.4 is 20.3 Å². The number of nitrogens with one attached hydrogen (secondary N) is 2. The highest BCUT2D eigenvalue weighted by Gasteiger charge is 2.39. The maximum atomic E-state index is 13.1. The van der Waals surface area contributed by atoms with E-state index < -0.39 is 11.8 Å². The minimum Gasteiger partial charge on any atom is -0.457 e. The van der Waals surface area contributed by atoms with E-state index in [9.17, 15) is 14.4 Å². The maximum absolute atomic E-state index is 13.1. The molecule has 5 rings (SSSR count). The summed E-state index contributed by atoms with van der Waals surface area (Å²) in [5.74, 6) is -0.314. The Morgan fingerprint density at radius 1 is 0.769 bits per heavy atom. The molecule has 0 atom stereocenters. The van der Waals surface area contributed by atoms with Crippen LogP contribution in [0.25, 0.3) is 0 Å². The van der Waals surface area contributed by atoms with Gasteiger partial charge in [0.2, 0.25) is 0 Å². The van der Waals surface area contributed by atoms with E-state index in [-0.39, 0.29) is 16.6 Å². The third-order valence-corrected chi connectivity index (χ3v) is 6.68. The fraction of sp³-hybridized carbons (Fsp3) is 0.0333. The molecule has 0 saturated heterocycles. The van der Waals surface area contributed by atoms with Crippen molar-refractivity contribution in [2.45, 2.75) is 6.92 Å². The van der Waals surface area contributed by atoms with Gasteiger partial charge in [-0.15, -0.1) is 0 Å². The van der Waals surface area contributed by atoms with Gasteiger partial charge in [-0.2, -0.15) is 0 Å². The van der Waals surface area contributed by atoms with Gasteiger partial charge in [0.1, 0.15) is 22.2 Å². The molecule has 0 bridgehead atoms. The van der Waals surface area contributed by atoms with Crippen molar-refractivity contribution < 1.29 is 19.1 Å². The first-order valence-corrected chi connectivity index (χ1v) is 12.6. The molecule has 1 aliphatic heterocycles. The van der Waals surface area contributed by atoms with Gasteiger partial charge in [0.15, 0.2) is 0 Å². The number of amides is 3. The van der Waals surface area contributed by atoms with Crippen LogP contribution in [0, 0.1) is 6.92 Å². The second-order valence-electron chi connectivity index (χ2n) is 8.67. The summed E-state index contributed by atoms with van der Waals surface area (Å²) in [5, 5.41) is 5.88. The molecule has 0 aliphatic carbocycles. The van der Waals surface area contributed by atoms with Crippen LogP contribution in [0.2, 0.25) is 5.02 Å². The smallest absolute Gasteiger partial charge is 0.283 e. The number of aryl methyl sites for hydroxylation is 1. The van der Waals surface area contributed by atoms with E-state index in [1.165, 1.54) is 6.07 Å². The predicted molar refractivity (Wildman–Crippen MR) is 153 cm³/mol. The number of carbonyl (C=O) groups excluding carboxylic acids is 3. The van der Waals surface area contributed by atoms with Gasteiger partial charge in [0.05, 0.1) is 5.69 Å². The number of carbonyl (C=O) groups is 3. The molecule has 0 saturated carbocycles. The van der Waals surface area contributed by atoms with Crippen LogP contribution in [-0.4, -0.2) is 17.7 Å². The zero-order valence-electron chi connectivity index (χ0n) is 20.6. The molecule has 4 aromatic rings. The van der Waals surface area contributed by atoms with E-state index in [1.54, 1.807) is 60.7 Å². The number of para-hydroxylation sites is 1. The van der Waals surface area contributed by atoms with E-state index in [2.05, 4.69) is 10.6 Å². The lowest BCUT2D eigenvalue weighted by atomic mass is 10.1. The molecule has 7 nitrogen and oxygen atoms in total. The summed E-state index contributed by atoms with van der Waals surface area (Å²) in [7, 11) is 0. The van der Waals surface area contributed by atoms with Gasteiger partial charge in [0.25, 0.3) is 17.7 Å². The van der Waals surface area contributed by atoms with Gasteiger partial charge in [-0.1, -0.05) is 53.5 Å². The largest absolute Gasteiger partial charge is 0.457 e. The van der Waals surface area contributed by atoms with E-state index in [4.69, 9.17) is 27.9 Å². The fourth-order valence-corrected chi connectivity index (χ4v) is 4.27. The highest BCUT2D eigenvalue weighted by atomic mass is 35.5. The van der Waals surface area contributed by atoms with Crippen molar-refractivity contribution in [2.75, 3.05) is 15.5 Å². The quantitative estimate of drug-likeness (QED) is 0.236. The van der Waals surface area contributed by atoms with E-state index in [1.807, 2.05) is 37.3 Å². The Morgan fingerprint density at radius 2 is 1.49 bits per heavy atom. The number of halogens is 2. The predicted octanol–water partition coefficient (Wildman–Crippen LogP) is 7.13. The molecule has 1 heterocycles. The molecule has 4 aromatic carbocycles. The molecule has 0 spiro atoms. The summed E-state index contributed by atoms with van der Waals surface area (Å²) in [4.78, 5) is 39.7. The highest BCUT2D eigenvalue weighted by Crippen LogP contribution is 2.32. The summed E-state index contributed by atoms with van der Waals surface area (Å²) in [5.41, 5.74) is 2.35. The van der Waals surface area contributed by atoms with Gasteiger partial charge >= 0.3 is 0 Å². The number of imide groups is 1. The minimum absolute atomic E-state index is 0.0927. The van der Waals surface area contributed by atoms with Gasteiger partial charge in [0, 0.05) is 22.0 Å². The Bertz CT molecular complexity index is 1620. The zero-order chi connectivity index (χ0) is 27.5. The van der Waals surface area contributed by atoms with Crippen molar-refractivity contribution in [3.05, 3.63) is 124 Å². The number of anilines is 3. The van der Waals surface area contributed by atoms with Crippen LogP contribution in [0.1, 0.15) is 15.9 Å². The monoisotopic (exact) mass is 557 g/mol. The second-order valence-corrected chi connectivity index (χ2v) is 9.45. The Morgan fingerprint density at radius 3 is 2.21 bits per heavy atom. The van der Waals surface area contributed by atoms with Gasteiger partial charge in [-0.3, -0.25) is 14.4 Å². The summed E-state index contributed by atoms with van der Waals surface area (Å²) in [6.45, 7) is 1.82. The molecule has 0 unspecified atom stereocenters. The zero-order valence-corrected chi connectivity index (χ0v) is 22.1. The Labute approximate surface area is 234 Å². The maximum Gasteiger partial charge on any atom is 0.283 e. The van der Waals surface area contributed by atoms with Crippen molar-refractivity contribution in [2.24, 2.45) is 0 Å². The summed E-state index contributed by atoms with van der Waals surface area (Å²) in [6, 6.07) is 27.7. The molecule has 0 fully saturated rings. The normalized spacial score (nSPS) is 13.1. The molecule has 0 radical (unpaired) electrons. The first-order chi connectivity index (χ1) is 18.8. The number of hydrogen-bond donors (Lipinski definition) is 2. The van der Waals surface area contributed by atoms with Gasteiger partial charge in [-0.25, -0.2) is 4.90 Å². The van der Waals surface area contributed by atoms with Crippen molar-refractivity contribution in [1.29, 1.82) is 0 Å². The standard InChI is InChI=1S/C30H21Cl2N3O4/c1-18-10-13-22(17-25(18)31)35-29(37)26(32)27(30(35)38)33-21-7-5-6-19(16-21)28(36)34-20-11-14-24(15-12-20)39-23-8-3-2-4-9-23/h2-17,33H,1H3,(H,34,36). The van der Waals surface area contributed by atoms with Gasteiger partial charge < -0.3 is 15.4 Å².